The third-order valence-electron chi connectivity index (χ3n) is 1.78. The molecule has 0 bridgehead atoms. The quantitative estimate of drug-likeness (QED) is 0.637. The molecule has 0 aliphatic heterocycles. The van der Waals surface area contributed by atoms with E-state index in [0.717, 1.165) is 12.3 Å². The monoisotopic (exact) mass is 220 g/mol. The summed E-state index contributed by atoms with van der Waals surface area (Å²) in [4.78, 5) is 3.47. The van der Waals surface area contributed by atoms with Gasteiger partial charge < -0.3 is 15.9 Å². The van der Waals surface area contributed by atoms with Crippen LogP contribution in [0.15, 0.2) is 12.3 Å². The number of halogens is 2. The average Bonchev–Trinajstić information content (AvgIpc) is 2.19. The van der Waals surface area contributed by atoms with Crippen LogP contribution in [0.1, 0.15) is 11.7 Å². The Morgan fingerprint density at radius 1 is 1.57 bits per heavy atom. The van der Waals surface area contributed by atoms with Gasteiger partial charge in [-0.05, 0) is 6.07 Å². The van der Waals surface area contributed by atoms with Gasteiger partial charge in [-0.3, -0.25) is 0 Å². The Morgan fingerprint density at radius 3 is 2.79 bits per heavy atom. The van der Waals surface area contributed by atoms with Crippen LogP contribution in [0.2, 0.25) is 5.15 Å². The second kappa shape index (κ2) is 4.65. The summed E-state index contributed by atoms with van der Waals surface area (Å²) in [6.45, 7) is -0.166. The maximum atomic E-state index is 13.1. The molecule has 6 heteroatoms. The van der Waals surface area contributed by atoms with Gasteiger partial charge in [0.1, 0.15) is 17.1 Å². The standard InChI is InChI=1S/C8H10ClFN2O2/c9-7-1-4(5(10)3-12-7)8(14)6(13)2-11/h1,3,6,8,13-14H,2,11H2. The number of nitrogens with zero attached hydrogens (tertiary/aromatic N) is 1. The molecule has 0 amide bonds. The molecular formula is C8H10ClFN2O2. The van der Waals surface area contributed by atoms with Crippen molar-refractivity contribution in [2.45, 2.75) is 12.2 Å². The fourth-order valence-corrected chi connectivity index (χ4v) is 1.16. The van der Waals surface area contributed by atoms with Crippen molar-refractivity contribution < 1.29 is 14.6 Å². The molecule has 0 aromatic carbocycles. The van der Waals surface area contributed by atoms with E-state index in [4.69, 9.17) is 17.3 Å². The van der Waals surface area contributed by atoms with Gasteiger partial charge in [0.15, 0.2) is 0 Å². The molecule has 0 aliphatic carbocycles. The van der Waals surface area contributed by atoms with Gasteiger partial charge in [-0.15, -0.1) is 0 Å². The highest BCUT2D eigenvalue weighted by molar-refractivity contribution is 6.29. The normalized spacial score (nSPS) is 15.2. The maximum Gasteiger partial charge on any atom is 0.147 e. The van der Waals surface area contributed by atoms with E-state index in [1.165, 1.54) is 0 Å². The van der Waals surface area contributed by atoms with Gasteiger partial charge in [0.2, 0.25) is 0 Å². The summed E-state index contributed by atoms with van der Waals surface area (Å²) in [5.41, 5.74) is 5.01. The first kappa shape index (κ1) is 11.3. The van der Waals surface area contributed by atoms with Crippen LogP contribution in [-0.2, 0) is 0 Å². The predicted octanol–water partition coefficient (Wildman–Crippen LogP) is 0.227. The summed E-state index contributed by atoms with van der Waals surface area (Å²) in [6.07, 6.45) is -1.73. The van der Waals surface area contributed by atoms with Gasteiger partial charge in [0, 0.05) is 12.1 Å². The Balaban J connectivity index is 2.99. The van der Waals surface area contributed by atoms with Crippen LogP contribution in [0.4, 0.5) is 4.39 Å². The number of aliphatic hydroxyl groups is 2. The molecule has 1 rings (SSSR count). The molecule has 4 N–H and O–H groups in total. The van der Waals surface area contributed by atoms with E-state index < -0.39 is 18.0 Å². The summed E-state index contributed by atoms with van der Waals surface area (Å²) >= 11 is 5.51. The third kappa shape index (κ3) is 2.39. The molecule has 0 saturated carbocycles. The van der Waals surface area contributed by atoms with Crippen LogP contribution >= 0.6 is 11.6 Å². The Hall–Kier alpha value is -0.750. The van der Waals surface area contributed by atoms with E-state index in [-0.39, 0.29) is 17.3 Å². The summed E-state index contributed by atoms with van der Waals surface area (Å²) in [6, 6.07) is 1.15. The molecule has 0 fully saturated rings. The fraction of sp³-hybridized carbons (Fsp3) is 0.375. The zero-order chi connectivity index (χ0) is 10.7. The number of pyridine rings is 1. The zero-order valence-corrected chi connectivity index (χ0v) is 7.95. The number of nitrogens with two attached hydrogens (primary N) is 1. The van der Waals surface area contributed by atoms with Crippen molar-refractivity contribution >= 4 is 11.6 Å². The van der Waals surface area contributed by atoms with Gasteiger partial charge in [-0.2, -0.15) is 0 Å². The van der Waals surface area contributed by atoms with Crippen LogP contribution < -0.4 is 5.73 Å². The van der Waals surface area contributed by atoms with Crippen molar-refractivity contribution in [3.05, 3.63) is 28.8 Å². The van der Waals surface area contributed by atoms with Crippen molar-refractivity contribution in [2.75, 3.05) is 6.54 Å². The van der Waals surface area contributed by atoms with Gasteiger partial charge >= 0.3 is 0 Å². The minimum Gasteiger partial charge on any atom is -0.389 e. The smallest absolute Gasteiger partial charge is 0.147 e. The summed E-state index contributed by atoms with van der Waals surface area (Å²) in [7, 11) is 0. The fourth-order valence-electron chi connectivity index (χ4n) is 0.990. The molecule has 4 nitrogen and oxygen atoms in total. The third-order valence-corrected chi connectivity index (χ3v) is 1.98. The lowest BCUT2D eigenvalue weighted by Gasteiger charge is -2.16. The molecular weight excluding hydrogens is 211 g/mol. The van der Waals surface area contributed by atoms with Crippen LogP contribution in [-0.4, -0.2) is 27.8 Å². The Bertz CT molecular complexity index is 324. The van der Waals surface area contributed by atoms with Gasteiger partial charge in [0.25, 0.3) is 0 Å². The topological polar surface area (TPSA) is 79.4 Å². The second-order valence-electron chi connectivity index (χ2n) is 2.78. The lowest BCUT2D eigenvalue weighted by Crippen LogP contribution is -2.27. The van der Waals surface area contributed by atoms with Crippen molar-refractivity contribution in [2.24, 2.45) is 5.73 Å². The molecule has 2 unspecified atom stereocenters. The van der Waals surface area contributed by atoms with Gasteiger partial charge in [-0.1, -0.05) is 11.6 Å². The van der Waals surface area contributed by atoms with Crippen LogP contribution in [0.3, 0.4) is 0 Å². The van der Waals surface area contributed by atoms with E-state index in [0.29, 0.717) is 0 Å². The van der Waals surface area contributed by atoms with Crippen LogP contribution in [0.5, 0.6) is 0 Å². The number of aromatic nitrogens is 1. The van der Waals surface area contributed by atoms with Gasteiger partial charge in [-0.25, -0.2) is 9.37 Å². The highest BCUT2D eigenvalue weighted by atomic mass is 35.5. The van der Waals surface area contributed by atoms with Crippen molar-refractivity contribution in [3.8, 4) is 0 Å². The summed E-state index contributed by atoms with van der Waals surface area (Å²) in [5.74, 6) is -0.727. The van der Waals surface area contributed by atoms with E-state index in [2.05, 4.69) is 4.98 Å². The highest BCUT2D eigenvalue weighted by Crippen LogP contribution is 2.21. The van der Waals surface area contributed by atoms with E-state index >= 15 is 0 Å². The molecule has 0 radical (unpaired) electrons. The first-order valence-corrected chi connectivity index (χ1v) is 4.31. The number of hydrogen-bond donors (Lipinski definition) is 3. The van der Waals surface area contributed by atoms with Crippen LogP contribution in [0, 0.1) is 5.82 Å². The van der Waals surface area contributed by atoms with E-state index in [1.807, 2.05) is 0 Å². The highest BCUT2D eigenvalue weighted by Gasteiger charge is 2.20. The van der Waals surface area contributed by atoms with Crippen molar-refractivity contribution in [3.63, 3.8) is 0 Å². The summed E-state index contributed by atoms with van der Waals surface area (Å²) < 4.78 is 13.1. The molecule has 1 aromatic heterocycles. The lowest BCUT2D eigenvalue weighted by molar-refractivity contribution is 0.0221. The first-order chi connectivity index (χ1) is 6.56. The van der Waals surface area contributed by atoms with E-state index in [1.54, 1.807) is 0 Å². The Morgan fingerprint density at radius 2 is 2.21 bits per heavy atom. The number of aliphatic hydroxyl groups excluding tert-OH is 2. The van der Waals surface area contributed by atoms with Crippen LogP contribution in [0.25, 0.3) is 0 Å². The lowest BCUT2D eigenvalue weighted by atomic mass is 10.1. The number of hydrogen-bond acceptors (Lipinski definition) is 4. The number of rotatable bonds is 3. The second-order valence-corrected chi connectivity index (χ2v) is 3.16. The predicted molar refractivity (Wildman–Crippen MR) is 49.2 cm³/mol. The molecule has 78 valence electrons. The molecule has 0 saturated heterocycles. The zero-order valence-electron chi connectivity index (χ0n) is 7.19. The minimum absolute atomic E-state index is 0.0460. The van der Waals surface area contributed by atoms with Crippen molar-refractivity contribution in [1.82, 2.24) is 4.98 Å². The Kier molecular flexibility index (Phi) is 3.77. The van der Waals surface area contributed by atoms with Gasteiger partial charge in [0.05, 0.1) is 12.3 Å². The van der Waals surface area contributed by atoms with E-state index in [9.17, 15) is 14.6 Å². The van der Waals surface area contributed by atoms with Crippen molar-refractivity contribution in [1.29, 1.82) is 0 Å². The maximum absolute atomic E-state index is 13.1. The average molecular weight is 221 g/mol. The molecule has 1 aromatic rings. The molecule has 1 heterocycles. The molecule has 0 aliphatic rings. The first-order valence-electron chi connectivity index (χ1n) is 3.93. The summed E-state index contributed by atoms with van der Waals surface area (Å²) in [5, 5.41) is 18.7. The molecule has 2 atom stereocenters. The Labute approximate surface area is 85.1 Å². The SMILES string of the molecule is NCC(O)C(O)c1cc(Cl)ncc1F. The minimum atomic E-state index is -1.39. The largest absolute Gasteiger partial charge is 0.389 e. The molecule has 14 heavy (non-hydrogen) atoms. The molecule has 0 spiro atoms.